The highest BCUT2D eigenvalue weighted by molar-refractivity contribution is 5.66. The Balaban J connectivity index is 2.72. The summed E-state index contributed by atoms with van der Waals surface area (Å²) in [6.07, 6.45) is 1.62. The van der Waals surface area contributed by atoms with Crippen LogP contribution in [0.3, 0.4) is 0 Å². The van der Waals surface area contributed by atoms with Gasteiger partial charge in [0.2, 0.25) is 0 Å². The van der Waals surface area contributed by atoms with E-state index in [-0.39, 0.29) is 12.6 Å². The van der Waals surface area contributed by atoms with Crippen molar-refractivity contribution in [2.24, 2.45) is 5.73 Å². The predicted molar refractivity (Wildman–Crippen MR) is 65.9 cm³/mol. The molecule has 1 rings (SSSR count). The Morgan fingerprint density at radius 2 is 1.88 bits per heavy atom. The van der Waals surface area contributed by atoms with Crippen molar-refractivity contribution in [3.05, 3.63) is 0 Å². The summed E-state index contributed by atoms with van der Waals surface area (Å²) in [5.74, 6) is 0. The zero-order valence-corrected chi connectivity index (χ0v) is 10.9. The van der Waals surface area contributed by atoms with E-state index >= 15 is 0 Å². The van der Waals surface area contributed by atoms with Crippen LogP contribution < -0.4 is 5.73 Å². The molecule has 0 bridgehead atoms. The summed E-state index contributed by atoms with van der Waals surface area (Å²) in [4.78, 5) is 12.8. The molecule has 0 unspecified atom stereocenters. The fraction of sp³-hybridized carbons (Fsp3) is 0.917. The highest BCUT2D eigenvalue weighted by atomic mass is 16.4. The van der Waals surface area contributed by atoms with Gasteiger partial charge in [0.15, 0.2) is 0 Å². The van der Waals surface area contributed by atoms with Gasteiger partial charge in [-0.25, -0.2) is 4.79 Å². The Labute approximate surface area is 103 Å². The van der Waals surface area contributed by atoms with Crippen molar-refractivity contribution in [2.75, 3.05) is 6.54 Å². The highest BCUT2D eigenvalue weighted by Gasteiger charge is 2.39. The van der Waals surface area contributed by atoms with Crippen LogP contribution in [0.5, 0.6) is 0 Å². The molecule has 4 N–H and O–H groups in total. The van der Waals surface area contributed by atoms with Crippen molar-refractivity contribution < 1.29 is 15.0 Å². The lowest BCUT2D eigenvalue weighted by Crippen LogP contribution is -2.54. The molecule has 0 radical (unpaired) electrons. The molecule has 1 aliphatic carbocycles. The average molecular weight is 244 g/mol. The summed E-state index contributed by atoms with van der Waals surface area (Å²) in [7, 11) is 0. The molecule has 17 heavy (non-hydrogen) atoms. The topological polar surface area (TPSA) is 86.8 Å². The molecule has 0 aliphatic heterocycles. The molecule has 0 spiro atoms. The molecule has 0 atom stereocenters. The van der Waals surface area contributed by atoms with Crippen molar-refractivity contribution in [3.63, 3.8) is 0 Å². The highest BCUT2D eigenvalue weighted by Crippen LogP contribution is 2.33. The fourth-order valence-electron chi connectivity index (χ4n) is 2.59. The van der Waals surface area contributed by atoms with Gasteiger partial charge in [0.25, 0.3) is 0 Å². The molecule has 0 saturated heterocycles. The lowest BCUT2D eigenvalue weighted by molar-refractivity contribution is -0.0244. The van der Waals surface area contributed by atoms with Crippen molar-refractivity contribution in [1.29, 1.82) is 0 Å². The number of carbonyl (C=O) groups is 1. The molecule has 0 heterocycles. The average Bonchev–Trinajstić information content (AvgIpc) is 2.19. The number of aliphatic hydroxyl groups is 1. The third-order valence-corrected chi connectivity index (χ3v) is 3.56. The molecule has 5 heteroatoms. The van der Waals surface area contributed by atoms with E-state index in [0.717, 1.165) is 0 Å². The molecule has 1 aliphatic rings. The maximum atomic E-state index is 11.3. The predicted octanol–water partition coefficient (Wildman–Crippen LogP) is 1.40. The first-order valence-electron chi connectivity index (χ1n) is 6.14. The van der Waals surface area contributed by atoms with Gasteiger partial charge in [0, 0.05) is 18.1 Å². The normalized spacial score (nSPS) is 30.1. The number of hydrogen-bond acceptors (Lipinski definition) is 3. The molecule has 100 valence electrons. The van der Waals surface area contributed by atoms with Crippen LogP contribution in [0.2, 0.25) is 0 Å². The van der Waals surface area contributed by atoms with Crippen LogP contribution in [0, 0.1) is 0 Å². The van der Waals surface area contributed by atoms with E-state index < -0.39 is 17.2 Å². The van der Waals surface area contributed by atoms with Gasteiger partial charge in [0.1, 0.15) is 0 Å². The number of nitrogens with two attached hydrogens (primary N) is 1. The van der Waals surface area contributed by atoms with Gasteiger partial charge in [-0.3, -0.25) is 0 Å². The van der Waals surface area contributed by atoms with Crippen molar-refractivity contribution >= 4 is 6.09 Å². The fourth-order valence-corrected chi connectivity index (χ4v) is 2.59. The van der Waals surface area contributed by atoms with Gasteiger partial charge >= 0.3 is 6.09 Å². The second kappa shape index (κ2) is 4.82. The van der Waals surface area contributed by atoms with Crippen molar-refractivity contribution in [2.45, 2.75) is 63.6 Å². The summed E-state index contributed by atoms with van der Waals surface area (Å²) in [6.45, 7) is 5.93. The summed E-state index contributed by atoms with van der Waals surface area (Å²) in [6, 6.07) is -0.0145. The van der Waals surface area contributed by atoms with Crippen LogP contribution in [0.15, 0.2) is 0 Å². The Bertz CT molecular complexity index is 278. The van der Waals surface area contributed by atoms with Gasteiger partial charge in [0.05, 0.1) is 5.60 Å². The van der Waals surface area contributed by atoms with Crippen molar-refractivity contribution in [1.82, 2.24) is 4.90 Å². The zero-order chi connectivity index (χ0) is 13.3. The minimum atomic E-state index is -0.888. The largest absolute Gasteiger partial charge is 0.465 e. The third kappa shape index (κ3) is 3.33. The van der Waals surface area contributed by atoms with Gasteiger partial charge in [-0.05, 0) is 46.5 Å². The second-order valence-corrected chi connectivity index (χ2v) is 5.98. The standard InChI is InChI=1S/C12H24N2O3/c1-11(2,3)14(10(15)16)9-4-6-12(17,8-13)7-5-9/h9,17H,4-8,13H2,1-3H3,(H,15,16)/t9-,12-. The van der Waals surface area contributed by atoms with Gasteiger partial charge < -0.3 is 20.8 Å². The quantitative estimate of drug-likeness (QED) is 0.685. The number of hydrogen-bond donors (Lipinski definition) is 3. The molecule has 1 amide bonds. The van der Waals surface area contributed by atoms with E-state index in [2.05, 4.69) is 0 Å². The minimum absolute atomic E-state index is 0.0145. The number of amides is 1. The van der Waals surface area contributed by atoms with E-state index in [1.807, 2.05) is 20.8 Å². The van der Waals surface area contributed by atoms with Crippen LogP contribution in [0.25, 0.3) is 0 Å². The van der Waals surface area contributed by atoms with Gasteiger partial charge in [-0.1, -0.05) is 0 Å². The number of rotatable bonds is 2. The number of carboxylic acid groups (broad SMARTS) is 1. The van der Waals surface area contributed by atoms with E-state index in [1.165, 1.54) is 4.90 Å². The lowest BCUT2D eigenvalue weighted by atomic mass is 9.80. The molecule has 5 nitrogen and oxygen atoms in total. The van der Waals surface area contributed by atoms with Crippen LogP contribution in [-0.4, -0.2) is 44.9 Å². The van der Waals surface area contributed by atoms with E-state index in [4.69, 9.17) is 5.73 Å². The number of nitrogens with zero attached hydrogens (tertiary/aromatic N) is 1. The molecule has 1 fully saturated rings. The Morgan fingerprint density at radius 3 is 2.18 bits per heavy atom. The summed E-state index contributed by atoms with van der Waals surface area (Å²) < 4.78 is 0. The van der Waals surface area contributed by atoms with E-state index in [1.54, 1.807) is 0 Å². The summed E-state index contributed by atoms with van der Waals surface area (Å²) in [5, 5.41) is 19.3. The monoisotopic (exact) mass is 244 g/mol. The van der Waals surface area contributed by atoms with Crippen LogP contribution >= 0.6 is 0 Å². The van der Waals surface area contributed by atoms with Gasteiger partial charge in [-0.15, -0.1) is 0 Å². The van der Waals surface area contributed by atoms with Crippen LogP contribution in [0.4, 0.5) is 4.79 Å². The zero-order valence-electron chi connectivity index (χ0n) is 10.9. The first-order valence-corrected chi connectivity index (χ1v) is 6.14. The molecule has 0 aromatic carbocycles. The smallest absolute Gasteiger partial charge is 0.407 e. The van der Waals surface area contributed by atoms with Crippen LogP contribution in [-0.2, 0) is 0 Å². The molecular weight excluding hydrogens is 220 g/mol. The first-order chi connectivity index (χ1) is 7.69. The summed E-state index contributed by atoms with van der Waals surface area (Å²) >= 11 is 0. The SMILES string of the molecule is CC(C)(C)N(C(=O)O)[C@H]1CC[C@@](O)(CN)CC1. The minimum Gasteiger partial charge on any atom is -0.465 e. The lowest BCUT2D eigenvalue weighted by Gasteiger charge is -2.44. The Morgan fingerprint density at radius 1 is 1.41 bits per heavy atom. The van der Waals surface area contributed by atoms with Crippen LogP contribution in [0.1, 0.15) is 46.5 Å². The Hall–Kier alpha value is -0.810. The molecule has 0 aromatic rings. The maximum absolute atomic E-state index is 11.3. The van der Waals surface area contributed by atoms with E-state index in [9.17, 15) is 15.0 Å². The van der Waals surface area contributed by atoms with Gasteiger partial charge in [-0.2, -0.15) is 0 Å². The molecular formula is C12H24N2O3. The third-order valence-electron chi connectivity index (χ3n) is 3.56. The first kappa shape index (κ1) is 14.3. The molecule has 0 aromatic heterocycles. The molecule has 1 saturated carbocycles. The van der Waals surface area contributed by atoms with E-state index in [0.29, 0.717) is 25.7 Å². The maximum Gasteiger partial charge on any atom is 0.407 e. The summed E-state index contributed by atoms with van der Waals surface area (Å²) in [5.41, 5.74) is 4.32. The Kier molecular flexibility index (Phi) is 4.04. The second-order valence-electron chi connectivity index (χ2n) is 5.98. The van der Waals surface area contributed by atoms with Crippen molar-refractivity contribution in [3.8, 4) is 0 Å².